The molecule has 6 aromatic rings. The standard InChI is InChI=1S/C22H23.C21H23.C2H6Si.2ClH.Zr/c1-16-14-20-8-5-9-21(22(20)15-16)19-12-10-18(11-13-19)17-6-3-2-4-7-17;1-14(2)16-8-10-17(11-9-16)20-7-5-6-18-12-19(15(3)4)13-21(18)20;1-3-2;;;/h5,8-15,17H,2-4,6-7H2,1H3;5-15H,1-4H3;1-2H3;2*1H;/q2*-1;;;;+4/p-2. The van der Waals surface area contributed by atoms with Crippen molar-refractivity contribution in [2.24, 2.45) is 0 Å². The maximum absolute atomic E-state index is 4.93. The van der Waals surface area contributed by atoms with Crippen molar-refractivity contribution in [1.82, 2.24) is 0 Å². The number of fused-ring (bicyclic) bond motifs is 2. The third-order valence-corrected chi connectivity index (χ3v) is 9.52. The quantitative estimate of drug-likeness (QED) is 0.121. The van der Waals surface area contributed by atoms with E-state index in [-0.39, 0.29) is 0 Å². The van der Waals surface area contributed by atoms with Gasteiger partial charge in [0, 0.05) is 9.52 Å². The molecule has 0 heterocycles. The van der Waals surface area contributed by atoms with Crippen LogP contribution in [0.1, 0.15) is 99.8 Å². The van der Waals surface area contributed by atoms with Crippen molar-refractivity contribution in [3.63, 3.8) is 0 Å². The molecule has 1 saturated carbocycles. The second-order valence-electron chi connectivity index (χ2n) is 13.9. The van der Waals surface area contributed by atoms with E-state index in [9.17, 15) is 0 Å². The van der Waals surface area contributed by atoms with Gasteiger partial charge in [0.05, 0.1) is 0 Å². The fraction of sp³-hybridized carbons (Fsp3) is 0.333. The Balaban J connectivity index is 0.000000191. The fourth-order valence-corrected chi connectivity index (χ4v) is 6.90. The second kappa shape index (κ2) is 20.0. The summed E-state index contributed by atoms with van der Waals surface area (Å²) < 4.78 is 0. The molecule has 1 aliphatic rings. The molecule has 0 aliphatic heterocycles. The summed E-state index contributed by atoms with van der Waals surface area (Å²) in [5, 5.41) is 5.46. The van der Waals surface area contributed by atoms with Gasteiger partial charge in [-0.2, -0.15) is 12.1 Å². The average molecular weight is 783 g/mol. The van der Waals surface area contributed by atoms with Crippen molar-refractivity contribution < 1.29 is 20.8 Å². The van der Waals surface area contributed by atoms with E-state index in [0.29, 0.717) is 11.8 Å². The first-order valence-corrected chi connectivity index (χ1v) is 26.1. The predicted molar refractivity (Wildman–Crippen MR) is 218 cm³/mol. The Hall–Kier alpha value is -2.22. The molecule has 0 amide bonds. The van der Waals surface area contributed by atoms with Gasteiger partial charge in [0.25, 0.3) is 0 Å². The van der Waals surface area contributed by atoms with Gasteiger partial charge in [-0.1, -0.05) is 139 Å². The minimum absolute atomic E-state index is 0.577. The van der Waals surface area contributed by atoms with Crippen LogP contribution in [0.3, 0.4) is 0 Å². The molecule has 0 saturated heterocycles. The summed E-state index contributed by atoms with van der Waals surface area (Å²) >= 11 is -0.826. The molecule has 0 atom stereocenters. The minimum atomic E-state index is -0.826. The van der Waals surface area contributed by atoms with E-state index >= 15 is 0 Å². The van der Waals surface area contributed by atoms with Crippen molar-refractivity contribution in [2.75, 3.05) is 0 Å². The average Bonchev–Trinajstić information content (AvgIpc) is 3.73. The van der Waals surface area contributed by atoms with Crippen LogP contribution in [0.15, 0.2) is 109 Å². The molecule has 7 rings (SSSR count). The number of rotatable bonds is 5. The first-order valence-electron chi connectivity index (χ1n) is 17.8. The molecule has 0 unspecified atom stereocenters. The summed E-state index contributed by atoms with van der Waals surface area (Å²) in [5.74, 6) is 1.95. The summed E-state index contributed by atoms with van der Waals surface area (Å²) in [6, 6.07) is 40.9. The van der Waals surface area contributed by atoms with Crippen LogP contribution < -0.4 is 0 Å². The van der Waals surface area contributed by atoms with E-state index in [1.807, 2.05) is 0 Å². The van der Waals surface area contributed by atoms with Crippen LogP contribution in [0.25, 0.3) is 43.8 Å². The van der Waals surface area contributed by atoms with E-state index in [1.165, 1.54) is 98.2 Å². The second-order valence-corrected chi connectivity index (χ2v) is 18.6. The molecule has 0 spiro atoms. The fourth-order valence-electron chi connectivity index (χ4n) is 6.90. The monoisotopic (exact) mass is 780 g/mol. The van der Waals surface area contributed by atoms with Crippen LogP contribution in [0.5, 0.6) is 0 Å². The van der Waals surface area contributed by atoms with Gasteiger partial charge in [-0.15, -0.1) is 69.1 Å². The molecule has 4 heteroatoms. The molecule has 0 nitrogen and oxygen atoms in total. The van der Waals surface area contributed by atoms with E-state index in [2.05, 4.69) is 157 Å². The molecule has 0 bridgehead atoms. The zero-order chi connectivity index (χ0) is 35.3. The Bertz CT molecular complexity index is 1840. The van der Waals surface area contributed by atoms with Gasteiger partial charge < -0.3 is 0 Å². The first kappa shape index (κ1) is 39.6. The van der Waals surface area contributed by atoms with Gasteiger partial charge in [0.2, 0.25) is 0 Å². The Kier molecular flexibility index (Phi) is 16.1. The van der Waals surface area contributed by atoms with Crippen LogP contribution in [0.4, 0.5) is 0 Å². The summed E-state index contributed by atoms with van der Waals surface area (Å²) in [4.78, 5) is 0. The van der Waals surface area contributed by atoms with Gasteiger partial charge >= 0.3 is 37.9 Å². The van der Waals surface area contributed by atoms with Gasteiger partial charge in [0.15, 0.2) is 0 Å². The summed E-state index contributed by atoms with van der Waals surface area (Å²) in [6.07, 6.45) is 6.97. The molecular formula is C45H52Cl2SiZr. The number of aryl methyl sites for hydroxylation is 1. The number of benzene rings is 4. The van der Waals surface area contributed by atoms with E-state index < -0.39 is 20.8 Å². The van der Waals surface area contributed by atoms with Crippen LogP contribution in [-0.2, 0) is 20.8 Å². The van der Waals surface area contributed by atoms with Crippen molar-refractivity contribution in [3.8, 4) is 22.3 Å². The van der Waals surface area contributed by atoms with Crippen LogP contribution in [-0.4, -0.2) is 9.52 Å². The molecule has 254 valence electrons. The van der Waals surface area contributed by atoms with Crippen molar-refractivity contribution in [3.05, 3.63) is 131 Å². The van der Waals surface area contributed by atoms with Crippen LogP contribution in [0.2, 0.25) is 13.1 Å². The molecule has 1 fully saturated rings. The summed E-state index contributed by atoms with van der Waals surface area (Å²) in [7, 11) is 11.0. The molecule has 6 aromatic carbocycles. The predicted octanol–water partition coefficient (Wildman–Crippen LogP) is 15.2. The Labute approximate surface area is 317 Å². The molecular weight excluding hydrogens is 731 g/mol. The van der Waals surface area contributed by atoms with E-state index in [0.717, 1.165) is 15.4 Å². The topological polar surface area (TPSA) is 0 Å². The van der Waals surface area contributed by atoms with E-state index in [1.54, 1.807) is 0 Å². The third kappa shape index (κ3) is 10.9. The van der Waals surface area contributed by atoms with Crippen LogP contribution in [0, 0.1) is 6.92 Å². The summed E-state index contributed by atoms with van der Waals surface area (Å²) in [5.41, 5.74) is 11.1. The Morgan fingerprint density at radius 2 is 1.14 bits per heavy atom. The zero-order valence-corrected chi connectivity index (χ0v) is 35.4. The normalized spacial score (nSPS) is 12.9. The van der Waals surface area contributed by atoms with Gasteiger partial charge in [-0.05, 0) is 52.8 Å². The van der Waals surface area contributed by atoms with Gasteiger partial charge in [-0.25, -0.2) is 0 Å². The molecule has 2 radical (unpaired) electrons. The number of halogens is 2. The zero-order valence-electron chi connectivity index (χ0n) is 30.4. The Morgan fingerprint density at radius 1 is 0.653 bits per heavy atom. The SMILES string of the molecule is CC(C)c1ccc(-c2cccc3[cH-]c(C(C)C)cc23)cc1.C[Si]C.Cc1cc2c(-c3ccc(C4CCCCC4)cc3)cccc2[cH-]1.[Cl][Zr+2][Cl]. The number of hydrogen-bond donors (Lipinski definition) is 0. The summed E-state index contributed by atoms with van der Waals surface area (Å²) in [6.45, 7) is 15.5. The number of hydrogen-bond acceptors (Lipinski definition) is 0. The van der Waals surface area contributed by atoms with Gasteiger partial charge in [-0.3, -0.25) is 0 Å². The van der Waals surface area contributed by atoms with E-state index in [4.69, 9.17) is 17.0 Å². The molecule has 0 N–H and O–H groups in total. The van der Waals surface area contributed by atoms with Gasteiger partial charge in [0.1, 0.15) is 0 Å². The van der Waals surface area contributed by atoms with Crippen LogP contribution >= 0.6 is 17.0 Å². The molecule has 1 aliphatic carbocycles. The molecule has 49 heavy (non-hydrogen) atoms. The first-order chi connectivity index (χ1) is 23.7. The Morgan fingerprint density at radius 3 is 1.65 bits per heavy atom. The molecule has 0 aromatic heterocycles. The van der Waals surface area contributed by atoms with Crippen molar-refractivity contribution >= 4 is 48.1 Å². The maximum atomic E-state index is 4.93. The third-order valence-electron chi connectivity index (χ3n) is 9.52. The van der Waals surface area contributed by atoms with Crippen molar-refractivity contribution in [1.29, 1.82) is 0 Å². The van der Waals surface area contributed by atoms with Crippen molar-refractivity contribution in [2.45, 2.75) is 97.6 Å².